The minimum atomic E-state index is -4.14. The van der Waals surface area contributed by atoms with Crippen molar-refractivity contribution in [3.05, 3.63) is 29.8 Å². The van der Waals surface area contributed by atoms with Gasteiger partial charge in [-0.05, 0) is 25.5 Å². The number of benzene rings is 1. The van der Waals surface area contributed by atoms with E-state index in [1.54, 1.807) is 12.1 Å². The summed E-state index contributed by atoms with van der Waals surface area (Å²) in [5, 5.41) is 0. The minimum absolute atomic E-state index is 0.0786. The maximum Gasteiger partial charge on any atom is 0.336 e. The van der Waals surface area contributed by atoms with Crippen LogP contribution in [-0.4, -0.2) is 40.7 Å². The van der Waals surface area contributed by atoms with E-state index in [0.29, 0.717) is 0 Å². The highest BCUT2D eigenvalue weighted by Gasteiger charge is 2.29. The van der Waals surface area contributed by atoms with Crippen molar-refractivity contribution in [1.82, 2.24) is 0 Å². The Balaban J connectivity index is 2.89. The summed E-state index contributed by atoms with van der Waals surface area (Å²) in [5.41, 5.74) is 0.883. The summed E-state index contributed by atoms with van der Waals surface area (Å²) in [6.07, 6.45) is -1.74. The van der Waals surface area contributed by atoms with Crippen LogP contribution in [0.3, 0.4) is 0 Å². The Bertz CT molecular complexity index is 619. The molecule has 0 fully saturated rings. The summed E-state index contributed by atoms with van der Waals surface area (Å²) in [6.45, 7) is 1.81. The molecule has 0 aliphatic heterocycles. The van der Waals surface area contributed by atoms with Crippen LogP contribution in [0.4, 0.5) is 0 Å². The van der Waals surface area contributed by atoms with Gasteiger partial charge in [0.15, 0.2) is 6.10 Å². The lowest BCUT2D eigenvalue weighted by Gasteiger charge is -2.15. The SMILES string of the molecule is COC(=O)CCC(OS(=O)(=O)c1ccc(C)cc1)C(=O)OC. The van der Waals surface area contributed by atoms with Crippen LogP contribution in [0.15, 0.2) is 29.2 Å². The van der Waals surface area contributed by atoms with E-state index in [-0.39, 0.29) is 17.7 Å². The number of hydrogen-bond donors (Lipinski definition) is 0. The topological polar surface area (TPSA) is 96.0 Å². The zero-order valence-corrected chi connectivity index (χ0v) is 13.4. The standard InChI is InChI=1S/C14H18O7S/c1-10-4-6-11(7-5-10)22(17,18)21-12(14(16)20-3)8-9-13(15)19-2/h4-7,12H,8-9H2,1-3H3. The van der Waals surface area contributed by atoms with Crippen LogP contribution in [0.1, 0.15) is 18.4 Å². The monoisotopic (exact) mass is 330 g/mol. The smallest absolute Gasteiger partial charge is 0.336 e. The number of hydrogen-bond acceptors (Lipinski definition) is 7. The summed E-state index contributed by atoms with van der Waals surface area (Å²) in [6, 6.07) is 5.97. The fourth-order valence-corrected chi connectivity index (χ4v) is 2.66. The van der Waals surface area contributed by atoms with Crippen molar-refractivity contribution in [3.8, 4) is 0 Å². The van der Waals surface area contributed by atoms with Crippen molar-refractivity contribution in [2.24, 2.45) is 0 Å². The second kappa shape index (κ2) is 7.90. The van der Waals surface area contributed by atoms with Crippen LogP contribution in [0, 0.1) is 6.92 Å². The van der Waals surface area contributed by atoms with Crippen LogP contribution in [0.25, 0.3) is 0 Å². The van der Waals surface area contributed by atoms with Crippen molar-refractivity contribution < 1.29 is 31.7 Å². The third-order valence-electron chi connectivity index (χ3n) is 2.85. The second-order valence-corrected chi connectivity index (χ2v) is 6.06. The van der Waals surface area contributed by atoms with Crippen molar-refractivity contribution >= 4 is 22.1 Å². The normalized spacial score (nSPS) is 12.5. The molecule has 0 aliphatic carbocycles. The molecule has 0 radical (unpaired) electrons. The number of aryl methyl sites for hydroxylation is 1. The van der Waals surface area contributed by atoms with Gasteiger partial charge in [-0.15, -0.1) is 0 Å². The predicted octanol–water partition coefficient (Wildman–Crippen LogP) is 1.20. The van der Waals surface area contributed by atoms with Crippen molar-refractivity contribution in [1.29, 1.82) is 0 Å². The molecule has 1 aromatic carbocycles. The van der Waals surface area contributed by atoms with Crippen LogP contribution in [-0.2, 0) is 33.4 Å². The Morgan fingerprint density at radius 2 is 1.68 bits per heavy atom. The fraction of sp³-hybridized carbons (Fsp3) is 0.429. The van der Waals surface area contributed by atoms with Crippen LogP contribution < -0.4 is 0 Å². The Hall–Kier alpha value is -1.93. The lowest BCUT2D eigenvalue weighted by atomic mass is 10.2. The van der Waals surface area contributed by atoms with Crippen LogP contribution in [0.2, 0.25) is 0 Å². The van der Waals surface area contributed by atoms with E-state index >= 15 is 0 Å². The van der Waals surface area contributed by atoms with Crippen molar-refractivity contribution in [2.45, 2.75) is 30.8 Å². The van der Waals surface area contributed by atoms with Gasteiger partial charge in [-0.2, -0.15) is 8.42 Å². The highest BCUT2D eigenvalue weighted by Crippen LogP contribution is 2.18. The summed E-state index contributed by atoms with van der Waals surface area (Å²) in [5.74, 6) is -1.45. The Morgan fingerprint density at radius 3 is 2.18 bits per heavy atom. The molecule has 0 aromatic heterocycles. The van der Waals surface area contributed by atoms with Crippen LogP contribution >= 0.6 is 0 Å². The van der Waals surface area contributed by atoms with Gasteiger partial charge < -0.3 is 9.47 Å². The molecule has 0 saturated heterocycles. The molecule has 7 nitrogen and oxygen atoms in total. The van der Waals surface area contributed by atoms with E-state index in [9.17, 15) is 18.0 Å². The van der Waals surface area contributed by atoms with Gasteiger partial charge in [0.2, 0.25) is 0 Å². The molecule has 122 valence electrons. The first-order chi connectivity index (χ1) is 10.3. The molecule has 0 N–H and O–H groups in total. The molecule has 1 aromatic rings. The molecule has 0 heterocycles. The summed E-state index contributed by atoms with van der Waals surface area (Å²) >= 11 is 0. The molecule has 22 heavy (non-hydrogen) atoms. The molecule has 0 aliphatic rings. The Morgan fingerprint density at radius 1 is 1.09 bits per heavy atom. The second-order valence-electron chi connectivity index (χ2n) is 4.49. The molecular formula is C14H18O7S. The fourth-order valence-electron chi connectivity index (χ4n) is 1.60. The van der Waals surface area contributed by atoms with Crippen LogP contribution in [0.5, 0.6) is 0 Å². The number of carbonyl (C=O) groups is 2. The lowest BCUT2D eigenvalue weighted by molar-refractivity contribution is -0.150. The van der Waals surface area contributed by atoms with E-state index in [4.69, 9.17) is 4.18 Å². The molecule has 0 saturated carbocycles. The van der Waals surface area contributed by atoms with Crippen molar-refractivity contribution in [3.63, 3.8) is 0 Å². The summed E-state index contributed by atoms with van der Waals surface area (Å²) in [7, 11) is -1.84. The highest BCUT2D eigenvalue weighted by atomic mass is 32.2. The number of methoxy groups -OCH3 is 2. The maximum atomic E-state index is 12.1. The van der Waals surface area contributed by atoms with E-state index in [1.165, 1.54) is 19.2 Å². The summed E-state index contributed by atoms with van der Waals surface area (Å²) in [4.78, 5) is 22.7. The molecular weight excluding hydrogens is 312 g/mol. The number of rotatable bonds is 7. The molecule has 1 unspecified atom stereocenters. The van der Waals surface area contributed by atoms with Gasteiger partial charge in [0, 0.05) is 6.42 Å². The quantitative estimate of drug-likeness (QED) is 0.547. The highest BCUT2D eigenvalue weighted by molar-refractivity contribution is 7.86. The zero-order chi connectivity index (χ0) is 16.8. The van der Waals surface area contributed by atoms with E-state index < -0.39 is 28.2 Å². The first-order valence-electron chi connectivity index (χ1n) is 6.44. The predicted molar refractivity (Wildman–Crippen MR) is 76.5 cm³/mol. The Kier molecular flexibility index (Phi) is 6.51. The number of ether oxygens (including phenoxy) is 2. The average Bonchev–Trinajstić information content (AvgIpc) is 2.50. The molecule has 1 rings (SSSR count). The number of carbonyl (C=O) groups excluding carboxylic acids is 2. The molecule has 8 heteroatoms. The molecule has 0 spiro atoms. The molecule has 0 bridgehead atoms. The first-order valence-corrected chi connectivity index (χ1v) is 7.85. The van der Waals surface area contributed by atoms with Gasteiger partial charge in [0.25, 0.3) is 10.1 Å². The van der Waals surface area contributed by atoms with Gasteiger partial charge >= 0.3 is 11.9 Å². The molecule has 0 amide bonds. The van der Waals surface area contributed by atoms with Gasteiger partial charge in [-0.3, -0.25) is 8.98 Å². The Labute approximate surface area is 129 Å². The van der Waals surface area contributed by atoms with Gasteiger partial charge in [0.05, 0.1) is 19.1 Å². The average molecular weight is 330 g/mol. The van der Waals surface area contributed by atoms with E-state index in [0.717, 1.165) is 12.7 Å². The van der Waals surface area contributed by atoms with Gasteiger partial charge in [0.1, 0.15) is 0 Å². The number of esters is 2. The lowest BCUT2D eigenvalue weighted by Crippen LogP contribution is -2.29. The third kappa shape index (κ3) is 5.12. The van der Waals surface area contributed by atoms with E-state index in [2.05, 4.69) is 9.47 Å². The van der Waals surface area contributed by atoms with E-state index in [1.807, 2.05) is 6.92 Å². The van der Waals surface area contributed by atoms with Gasteiger partial charge in [-0.25, -0.2) is 4.79 Å². The van der Waals surface area contributed by atoms with Gasteiger partial charge in [-0.1, -0.05) is 17.7 Å². The minimum Gasteiger partial charge on any atom is -0.469 e. The van der Waals surface area contributed by atoms with Crippen molar-refractivity contribution in [2.75, 3.05) is 14.2 Å². The largest absolute Gasteiger partial charge is 0.469 e. The maximum absolute atomic E-state index is 12.1. The first kappa shape index (κ1) is 18.1. The summed E-state index contributed by atoms with van der Waals surface area (Å²) < 4.78 is 38.1. The zero-order valence-electron chi connectivity index (χ0n) is 12.6. The third-order valence-corrected chi connectivity index (χ3v) is 4.19. The molecule has 1 atom stereocenters.